The number of H-pyrrole nitrogens is 1. The summed E-state index contributed by atoms with van der Waals surface area (Å²) in [6, 6.07) is 0. The van der Waals surface area contributed by atoms with Crippen molar-refractivity contribution in [3.05, 3.63) is 22.7 Å². The molecule has 1 heterocycles. The van der Waals surface area contributed by atoms with Gasteiger partial charge in [0.1, 0.15) is 6.61 Å². The summed E-state index contributed by atoms with van der Waals surface area (Å²) in [4.78, 5) is 17.2. The average molecular weight is 169 g/mol. The third-order valence-corrected chi connectivity index (χ3v) is 1.27. The Labute approximate surface area is 69.8 Å². The van der Waals surface area contributed by atoms with E-state index >= 15 is 0 Å². The van der Waals surface area contributed by atoms with Crippen LogP contribution in [0.4, 0.5) is 0 Å². The minimum atomic E-state index is -0.298. The smallest absolute Gasteiger partial charge is 0.310 e. The largest absolute Gasteiger partial charge is 0.472 e. The molecule has 0 bridgehead atoms. The fourth-order valence-electron chi connectivity index (χ4n) is 0.691. The number of nitrogens with zero attached hydrogens (tertiary/aromatic N) is 1. The highest BCUT2D eigenvalue weighted by atomic mass is 16.5. The quantitative estimate of drug-likeness (QED) is 0.589. The molecule has 0 amide bonds. The van der Waals surface area contributed by atoms with Crippen LogP contribution >= 0.6 is 0 Å². The second-order valence-electron chi connectivity index (χ2n) is 2.18. The predicted molar refractivity (Wildman–Crippen MR) is 44.3 cm³/mol. The van der Waals surface area contributed by atoms with Crippen LogP contribution in [0.1, 0.15) is 0 Å². The molecule has 0 radical (unpaired) electrons. The van der Waals surface area contributed by atoms with Crippen LogP contribution in [0.2, 0.25) is 0 Å². The standard InChI is InChI=1S/C7H11N3O2/c1-8-4-5-12-7-6(11)9-2-3-10-7/h2-3,8H,4-5H2,1H3,(H,9,11). The minimum Gasteiger partial charge on any atom is -0.472 e. The molecule has 1 aromatic heterocycles. The molecule has 66 valence electrons. The second-order valence-corrected chi connectivity index (χ2v) is 2.18. The molecule has 0 saturated heterocycles. The zero-order chi connectivity index (χ0) is 8.81. The Bertz CT molecular complexity index is 284. The third-order valence-electron chi connectivity index (χ3n) is 1.27. The van der Waals surface area contributed by atoms with E-state index in [2.05, 4.69) is 15.3 Å². The highest BCUT2D eigenvalue weighted by Crippen LogP contribution is 1.91. The third kappa shape index (κ3) is 2.35. The van der Waals surface area contributed by atoms with Gasteiger partial charge in [0.25, 0.3) is 5.88 Å². The lowest BCUT2D eigenvalue weighted by Gasteiger charge is -2.01. The van der Waals surface area contributed by atoms with Crippen molar-refractivity contribution in [1.29, 1.82) is 0 Å². The van der Waals surface area contributed by atoms with E-state index in [9.17, 15) is 4.79 Å². The lowest BCUT2D eigenvalue weighted by Crippen LogP contribution is -2.20. The first-order chi connectivity index (χ1) is 5.84. The van der Waals surface area contributed by atoms with Crippen LogP contribution in [-0.2, 0) is 0 Å². The number of likely N-dealkylation sites (N-methyl/N-ethyl adjacent to an activating group) is 1. The summed E-state index contributed by atoms with van der Waals surface area (Å²) in [7, 11) is 1.81. The van der Waals surface area contributed by atoms with Crippen molar-refractivity contribution in [2.24, 2.45) is 0 Å². The van der Waals surface area contributed by atoms with Crippen molar-refractivity contribution in [1.82, 2.24) is 15.3 Å². The first-order valence-electron chi connectivity index (χ1n) is 3.65. The topological polar surface area (TPSA) is 67.0 Å². The summed E-state index contributed by atoms with van der Waals surface area (Å²) in [6.07, 6.45) is 2.95. The normalized spacial score (nSPS) is 9.75. The molecule has 5 heteroatoms. The van der Waals surface area contributed by atoms with Crippen molar-refractivity contribution in [2.75, 3.05) is 20.2 Å². The van der Waals surface area contributed by atoms with Crippen LogP contribution in [0.15, 0.2) is 17.2 Å². The summed E-state index contributed by atoms with van der Waals surface area (Å²) in [5.74, 6) is 0.118. The van der Waals surface area contributed by atoms with Crippen LogP contribution in [0.25, 0.3) is 0 Å². The Balaban J connectivity index is 2.52. The van der Waals surface area contributed by atoms with Gasteiger partial charge in [-0.1, -0.05) is 0 Å². The summed E-state index contributed by atoms with van der Waals surface area (Å²) in [6.45, 7) is 1.13. The fourth-order valence-corrected chi connectivity index (χ4v) is 0.691. The van der Waals surface area contributed by atoms with Gasteiger partial charge in [-0.3, -0.25) is 4.79 Å². The fraction of sp³-hybridized carbons (Fsp3) is 0.429. The summed E-state index contributed by atoms with van der Waals surface area (Å²) in [5, 5.41) is 2.89. The predicted octanol–water partition coefficient (Wildman–Crippen LogP) is -0.632. The van der Waals surface area contributed by atoms with E-state index in [0.717, 1.165) is 0 Å². The molecule has 0 aromatic carbocycles. The number of nitrogens with one attached hydrogen (secondary N) is 2. The molecule has 0 unspecified atom stereocenters. The van der Waals surface area contributed by atoms with E-state index < -0.39 is 0 Å². The van der Waals surface area contributed by atoms with Gasteiger partial charge in [-0.05, 0) is 7.05 Å². The van der Waals surface area contributed by atoms with Crippen LogP contribution < -0.4 is 15.6 Å². The lowest BCUT2D eigenvalue weighted by molar-refractivity contribution is 0.301. The van der Waals surface area contributed by atoms with Gasteiger partial charge in [-0.25, -0.2) is 4.98 Å². The summed E-state index contributed by atoms with van der Waals surface area (Å²) >= 11 is 0. The highest BCUT2D eigenvalue weighted by molar-refractivity contribution is 5.01. The van der Waals surface area contributed by atoms with Crippen LogP contribution in [0.3, 0.4) is 0 Å². The van der Waals surface area contributed by atoms with Crippen molar-refractivity contribution >= 4 is 0 Å². The Kier molecular flexibility index (Phi) is 3.28. The molecule has 2 N–H and O–H groups in total. The number of hydrogen-bond donors (Lipinski definition) is 2. The molecule has 5 nitrogen and oxygen atoms in total. The molecule has 0 aliphatic heterocycles. The first-order valence-corrected chi connectivity index (χ1v) is 3.65. The number of ether oxygens (including phenoxy) is 1. The molecule has 0 aliphatic rings. The lowest BCUT2D eigenvalue weighted by atomic mass is 10.6. The molecular formula is C7H11N3O2. The number of aromatic nitrogens is 2. The maximum Gasteiger partial charge on any atom is 0.310 e. The maximum atomic E-state index is 10.9. The molecular weight excluding hydrogens is 158 g/mol. The van der Waals surface area contributed by atoms with E-state index in [0.29, 0.717) is 13.2 Å². The van der Waals surface area contributed by atoms with Crippen molar-refractivity contribution in [2.45, 2.75) is 0 Å². The minimum absolute atomic E-state index is 0.118. The van der Waals surface area contributed by atoms with E-state index in [4.69, 9.17) is 4.74 Å². The highest BCUT2D eigenvalue weighted by Gasteiger charge is 1.98. The number of aromatic amines is 1. The van der Waals surface area contributed by atoms with Crippen molar-refractivity contribution in [3.63, 3.8) is 0 Å². The van der Waals surface area contributed by atoms with Crippen LogP contribution in [-0.4, -0.2) is 30.2 Å². The van der Waals surface area contributed by atoms with Gasteiger partial charge in [0.2, 0.25) is 0 Å². The average Bonchev–Trinajstić information content (AvgIpc) is 2.09. The molecule has 0 saturated carbocycles. The number of hydrogen-bond acceptors (Lipinski definition) is 4. The van der Waals surface area contributed by atoms with Crippen LogP contribution in [0.5, 0.6) is 5.88 Å². The van der Waals surface area contributed by atoms with Gasteiger partial charge >= 0.3 is 5.56 Å². The Morgan fingerprint density at radius 3 is 3.25 bits per heavy atom. The molecule has 0 aliphatic carbocycles. The molecule has 12 heavy (non-hydrogen) atoms. The van der Waals surface area contributed by atoms with E-state index in [-0.39, 0.29) is 11.4 Å². The van der Waals surface area contributed by atoms with E-state index in [1.807, 2.05) is 7.05 Å². The first kappa shape index (κ1) is 8.73. The van der Waals surface area contributed by atoms with E-state index in [1.54, 1.807) is 0 Å². The maximum absolute atomic E-state index is 10.9. The van der Waals surface area contributed by atoms with Gasteiger partial charge in [0.15, 0.2) is 0 Å². The molecule has 0 fully saturated rings. The summed E-state index contributed by atoms with van der Waals surface area (Å²) in [5.41, 5.74) is -0.298. The Hall–Kier alpha value is -1.36. The SMILES string of the molecule is CNCCOc1ncc[nH]c1=O. The van der Waals surface area contributed by atoms with Gasteiger partial charge in [0, 0.05) is 18.9 Å². The summed E-state index contributed by atoms with van der Waals surface area (Å²) < 4.78 is 5.06. The van der Waals surface area contributed by atoms with Gasteiger partial charge in [-0.15, -0.1) is 0 Å². The zero-order valence-electron chi connectivity index (χ0n) is 6.83. The van der Waals surface area contributed by atoms with Crippen molar-refractivity contribution < 1.29 is 4.74 Å². The van der Waals surface area contributed by atoms with Gasteiger partial charge < -0.3 is 15.0 Å². The van der Waals surface area contributed by atoms with Crippen molar-refractivity contribution in [3.8, 4) is 5.88 Å². The second kappa shape index (κ2) is 4.50. The molecule has 1 rings (SSSR count). The van der Waals surface area contributed by atoms with Gasteiger partial charge in [0.05, 0.1) is 0 Å². The Morgan fingerprint density at radius 2 is 2.58 bits per heavy atom. The van der Waals surface area contributed by atoms with E-state index in [1.165, 1.54) is 12.4 Å². The van der Waals surface area contributed by atoms with Crippen LogP contribution in [0, 0.1) is 0 Å². The zero-order valence-corrected chi connectivity index (χ0v) is 6.83. The number of rotatable bonds is 4. The molecule has 0 spiro atoms. The molecule has 0 atom stereocenters. The molecule has 1 aromatic rings. The monoisotopic (exact) mass is 169 g/mol. The Morgan fingerprint density at radius 1 is 1.75 bits per heavy atom. The van der Waals surface area contributed by atoms with Gasteiger partial charge in [-0.2, -0.15) is 0 Å².